The number of aliphatic hydroxyl groups excluding tert-OH is 1. The number of ether oxygens (including phenoxy) is 8. The van der Waals surface area contributed by atoms with E-state index in [9.17, 15) is 68.0 Å². The number of ketones is 2. The van der Waals surface area contributed by atoms with Gasteiger partial charge in [0.25, 0.3) is 11.7 Å². The zero-order valence-electron chi connectivity index (χ0n) is 55.9. The molecule has 11 atom stereocenters. The maximum atomic E-state index is 15.6. The maximum Gasteiger partial charge on any atom is 0.410 e. The number of unbranched alkanes of at least 4 members (excludes halogenated alkanes) is 1. The third-order valence-electron chi connectivity index (χ3n) is 18.8. The van der Waals surface area contributed by atoms with Crippen molar-refractivity contribution in [2.24, 2.45) is 45.5 Å². The smallest absolute Gasteiger partial charge is 0.410 e. The molecule has 8 heterocycles. The first-order chi connectivity index (χ1) is 44.4. The number of carbonyl (C=O) groups excluding carboxylic acids is 7. The number of aliphatic hydroxyl groups is 1. The first kappa shape index (κ1) is 75.9. The molecule has 0 radical (unpaired) electrons. The molecular formula is C63H92N6O24P2. The Morgan fingerprint density at radius 3 is 2.16 bits per heavy atom. The molecule has 2 amide bonds. The molecule has 0 aliphatic carbocycles. The number of hydrogen-bond acceptors (Lipinski definition) is 24. The minimum absolute atomic E-state index is 0.0188. The number of Topliss-reactive ketones (excluding diaryl/α,β-unsaturated/α-hetero) is 2. The summed E-state index contributed by atoms with van der Waals surface area (Å²) in [6.07, 6.45) is -1.10. The van der Waals surface area contributed by atoms with Gasteiger partial charge < -0.3 is 88.3 Å². The van der Waals surface area contributed by atoms with E-state index in [0.717, 1.165) is 6.54 Å². The lowest BCUT2D eigenvalue weighted by Gasteiger charge is -2.58. The Hall–Kier alpha value is -6.43. The van der Waals surface area contributed by atoms with E-state index in [0.29, 0.717) is 31.8 Å². The zero-order valence-corrected chi connectivity index (χ0v) is 57.7. The molecule has 2 unspecified atom stereocenters. The van der Waals surface area contributed by atoms with Crippen LogP contribution in [-0.2, 0) is 66.3 Å². The quantitative estimate of drug-likeness (QED) is 0.0195. The van der Waals surface area contributed by atoms with Gasteiger partial charge in [-0.15, -0.1) is 0 Å². The summed E-state index contributed by atoms with van der Waals surface area (Å²) in [6.45, 7) is 19.0. The van der Waals surface area contributed by atoms with Gasteiger partial charge in [-0.3, -0.25) is 47.8 Å². The molecule has 95 heavy (non-hydrogen) atoms. The molecular weight excluding hydrogens is 1290 g/mol. The molecule has 2 aromatic rings. The lowest BCUT2D eigenvalue weighted by Crippen LogP contribution is -2.70. The van der Waals surface area contributed by atoms with Gasteiger partial charge in [-0.1, -0.05) is 67.9 Å². The number of esters is 3. The minimum Gasteiger partial charge on any atom is -0.507 e. The number of phenols is 2. The van der Waals surface area contributed by atoms with Crippen molar-refractivity contribution in [2.75, 3.05) is 71.6 Å². The highest BCUT2D eigenvalue weighted by molar-refractivity contribution is 7.70. The molecule has 2 aromatic carbocycles. The number of anilines is 1. The molecule has 528 valence electrons. The van der Waals surface area contributed by atoms with Gasteiger partial charge in [0.15, 0.2) is 16.9 Å². The van der Waals surface area contributed by atoms with E-state index >= 15 is 9.59 Å². The van der Waals surface area contributed by atoms with Gasteiger partial charge in [0, 0.05) is 113 Å². The molecule has 2 saturated heterocycles. The van der Waals surface area contributed by atoms with Gasteiger partial charge in [0.2, 0.25) is 6.79 Å². The monoisotopic (exact) mass is 1380 g/mol. The predicted molar refractivity (Wildman–Crippen MR) is 339 cm³/mol. The summed E-state index contributed by atoms with van der Waals surface area (Å²) in [6, 6.07) is 0. The molecule has 1 spiro atoms. The number of methoxy groups -OCH3 is 1. The Morgan fingerprint density at radius 1 is 0.895 bits per heavy atom. The predicted octanol–water partition coefficient (Wildman–Crippen LogP) is 4.51. The number of alkyl carbamates (subject to hydrolysis) is 1. The summed E-state index contributed by atoms with van der Waals surface area (Å²) in [4.78, 5) is 148. The maximum absolute atomic E-state index is 15.6. The van der Waals surface area contributed by atoms with E-state index < -0.39 is 178 Å². The summed E-state index contributed by atoms with van der Waals surface area (Å²) in [5, 5.41) is 40.0. The number of aromatic hydroxyl groups is 2. The van der Waals surface area contributed by atoms with Crippen LogP contribution in [0, 0.1) is 42.4 Å². The molecule has 8 aliphatic heterocycles. The van der Waals surface area contributed by atoms with Crippen molar-refractivity contribution < 1.29 is 115 Å². The lowest BCUT2D eigenvalue weighted by molar-refractivity contribution is -0.281. The second-order valence-electron chi connectivity index (χ2n) is 26.0. The molecule has 9 N–H and O–H groups in total. The van der Waals surface area contributed by atoms with Crippen LogP contribution in [0.4, 0.5) is 10.5 Å². The number of nitrogens with zero attached hydrogens (tertiary/aromatic N) is 4. The first-order valence-electron chi connectivity index (χ1n) is 31.8. The van der Waals surface area contributed by atoms with Crippen molar-refractivity contribution in [1.82, 2.24) is 15.1 Å². The van der Waals surface area contributed by atoms with Gasteiger partial charge in [-0.25, -0.2) is 9.79 Å². The topological polar surface area (TPSA) is 424 Å². The minimum atomic E-state index is -5.31. The number of piperidine rings is 1. The van der Waals surface area contributed by atoms with Crippen LogP contribution in [0.25, 0.3) is 10.8 Å². The van der Waals surface area contributed by atoms with Crippen LogP contribution in [0.5, 0.6) is 17.2 Å². The van der Waals surface area contributed by atoms with Crippen molar-refractivity contribution >= 4 is 73.1 Å². The van der Waals surface area contributed by atoms with Gasteiger partial charge in [-0.2, -0.15) is 0 Å². The fraction of sp³-hybridized carbons (Fsp3) is 0.667. The number of carbonyl (C=O) groups is 7. The van der Waals surface area contributed by atoms with Gasteiger partial charge >= 0.3 is 45.0 Å². The zero-order chi connectivity index (χ0) is 70.6. The van der Waals surface area contributed by atoms with Gasteiger partial charge in [-0.05, 0) is 45.2 Å². The third kappa shape index (κ3) is 16.6. The van der Waals surface area contributed by atoms with Gasteiger partial charge in [0.1, 0.15) is 52.7 Å². The first-order valence-corrected chi connectivity index (χ1v) is 35.2. The summed E-state index contributed by atoms with van der Waals surface area (Å²) in [5.74, 6) is -11.8. The second kappa shape index (κ2) is 30.5. The van der Waals surface area contributed by atoms with Crippen LogP contribution in [0.15, 0.2) is 34.0 Å². The normalized spacial score (nSPS) is 27.9. The summed E-state index contributed by atoms with van der Waals surface area (Å²) in [7, 11) is -9.21. The fourth-order valence-corrected chi connectivity index (χ4v) is 16.2. The van der Waals surface area contributed by atoms with Crippen molar-refractivity contribution in [3.05, 3.63) is 45.8 Å². The molecule has 32 heteroatoms. The summed E-state index contributed by atoms with van der Waals surface area (Å²) in [5.41, 5.74) is -2.79. The van der Waals surface area contributed by atoms with Crippen LogP contribution in [0.1, 0.15) is 131 Å². The van der Waals surface area contributed by atoms with Crippen molar-refractivity contribution in [3.8, 4) is 17.2 Å². The van der Waals surface area contributed by atoms with Crippen LogP contribution in [-0.4, -0.2) is 199 Å². The van der Waals surface area contributed by atoms with Gasteiger partial charge in [0.05, 0.1) is 47.8 Å². The number of rotatable bonds is 22. The van der Waals surface area contributed by atoms with Crippen LogP contribution in [0.3, 0.4) is 0 Å². The van der Waals surface area contributed by atoms with Crippen LogP contribution in [0.2, 0.25) is 0 Å². The number of phenolic OH excluding ortho intramolecular Hbond substituents is 2. The highest BCUT2D eigenvalue weighted by Gasteiger charge is 2.63. The number of likely N-dealkylation sites (tertiary alicyclic amines) is 1. The molecule has 0 aromatic heterocycles. The molecule has 10 rings (SSSR count). The van der Waals surface area contributed by atoms with Crippen LogP contribution < -0.4 is 26.1 Å². The molecule has 30 nitrogen and oxygen atoms in total. The van der Waals surface area contributed by atoms with E-state index in [2.05, 4.69) is 34.4 Å². The Labute approximate surface area is 550 Å². The Morgan fingerprint density at radius 2 is 1.56 bits per heavy atom. The van der Waals surface area contributed by atoms with E-state index in [4.69, 9.17) is 42.9 Å². The van der Waals surface area contributed by atoms with E-state index in [1.54, 1.807) is 34.6 Å². The molecule has 0 saturated carbocycles. The fourth-order valence-electron chi connectivity index (χ4n) is 13.6. The number of nitrogens with one attached hydrogen (secondary N) is 2. The average Bonchev–Trinajstić information content (AvgIpc) is 1.62. The molecule has 2 fully saturated rings. The molecule has 8 aliphatic rings. The van der Waals surface area contributed by atoms with E-state index in [1.807, 2.05) is 0 Å². The average molecular weight is 1380 g/mol. The second-order valence-corrected chi connectivity index (χ2v) is 30.1. The summed E-state index contributed by atoms with van der Waals surface area (Å²) >= 11 is 0. The highest BCUT2D eigenvalue weighted by Crippen LogP contribution is 2.62. The van der Waals surface area contributed by atoms with E-state index in [1.165, 1.54) is 65.0 Å². The standard InChI is InChI=1S/C63H92N6O24P2/c1-14-43(72)88-31-89-60(79)64-28-44(73)87-26-24-68(21-16-15-17-45(94(80,81)82)95(83,84)85)30-42(71)63-34(5)27-33(4)59(78)65-51-50-49(66-62(67-50)19-22-69(23-20-62)29-32(2)3)46-47(54(51)76)53(75)38(9)57-48(46)58(77)61(12,92-57)90-25-18-41(86-13)35(6)55(91-40(11)70)36(7)52(74)37(8)56(93-63)39(63)10/h18,25,27,32,34-37,39,41,45,52,55-56,66,74-76H,14-17,19-24,26,28-31H2,1-13H3,(H,64,79)(H2,80,81,82)(H2,83,84,85)/b25-18+,33-27-,65-51?/t34?,35-,36-,37+,39-,41+,52+,55-,56-,61+,63?/m1/s1. The number of benzene rings is 2. The highest BCUT2D eigenvalue weighted by atomic mass is 31.2. The molecule has 7 bridgehead atoms. The van der Waals surface area contributed by atoms with Crippen LogP contribution >= 0.6 is 15.2 Å². The Kier molecular flexibility index (Phi) is 24.4. The van der Waals surface area contributed by atoms with Crippen molar-refractivity contribution in [2.45, 2.75) is 168 Å². The SMILES string of the molecule is CCC(=O)OCOC(=O)NCC(=O)OCCN(CCCCC(P(=O)(O)O)P(=O)(O)O)CC(=O)C12O[C@H]([C@@H](C)[C@@H](O)[C@@H](C)[C@H](OC(C)=O)[C@H](C)[C@@H](OC)/C=C/O[C@@]3(C)Oc4c(C)c(O)c5c(O)c(c6c(c5c4C3=O)NC3(CCN(CC(C)C)CC3)N=6)=NC(=O)/C(C)=C\C1C)[C@H]2C. The number of amides is 2. The Balaban J connectivity index is 1.34. The largest absolute Gasteiger partial charge is 0.507 e. The third-order valence-corrected chi connectivity index (χ3v) is 22.7. The number of hydrogen-bond donors (Lipinski definition) is 9. The Bertz CT molecular complexity index is 3540. The summed E-state index contributed by atoms with van der Waals surface area (Å²) < 4.78 is 70.5. The van der Waals surface area contributed by atoms with Crippen molar-refractivity contribution in [1.29, 1.82) is 0 Å². The van der Waals surface area contributed by atoms with Crippen molar-refractivity contribution in [3.63, 3.8) is 0 Å². The lowest BCUT2D eigenvalue weighted by atomic mass is 9.63. The van der Waals surface area contributed by atoms with E-state index in [-0.39, 0.29) is 82.0 Å².